The molecule has 1 fully saturated rings. The zero-order valence-corrected chi connectivity index (χ0v) is 9.61. The summed E-state index contributed by atoms with van der Waals surface area (Å²) in [6.45, 7) is 0.603. The van der Waals surface area contributed by atoms with Crippen molar-refractivity contribution in [1.29, 1.82) is 0 Å². The van der Waals surface area contributed by atoms with E-state index in [1.807, 2.05) is 0 Å². The second-order valence-corrected chi connectivity index (χ2v) is 5.69. The summed E-state index contributed by atoms with van der Waals surface area (Å²) in [6.07, 6.45) is 0.651. The van der Waals surface area contributed by atoms with E-state index >= 15 is 0 Å². The third-order valence-corrected chi connectivity index (χ3v) is 4.57. The first kappa shape index (κ1) is 11.3. The van der Waals surface area contributed by atoms with Crippen molar-refractivity contribution in [3.63, 3.8) is 0 Å². The first-order valence-electron chi connectivity index (χ1n) is 5.17. The second kappa shape index (κ2) is 4.35. The summed E-state index contributed by atoms with van der Waals surface area (Å²) in [5, 5.41) is 0. The van der Waals surface area contributed by atoms with Crippen LogP contribution < -0.4 is 0 Å². The van der Waals surface area contributed by atoms with Gasteiger partial charge in [0.05, 0.1) is 4.90 Å². The van der Waals surface area contributed by atoms with Gasteiger partial charge in [-0.1, -0.05) is 18.2 Å². The first-order chi connectivity index (χ1) is 7.60. The minimum Gasteiger partial charge on any atom is -0.300 e. The standard InChI is InChI=1S/C11H13NO3S/c13-10-6-8-12(9-7-10)16(14,15)11-4-2-1-3-5-11/h1-5H,6-9H2. The molecule has 0 bridgehead atoms. The normalized spacial score (nSPS) is 18.6. The Morgan fingerprint density at radius 3 is 2.12 bits per heavy atom. The highest BCUT2D eigenvalue weighted by molar-refractivity contribution is 7.89. The molecule has 0 saturated carbocycles. The minimum absolute atomic E-state index is 0.138. The quantitative estimate of drug-likeness (QED) is 0.775. The highest BCUT2D eigenvalue weighted by Gasteiger charge is 2.27. The van der Waals surface area contributed by atoms with Gasteiger partial charge in [0.2, 0.25) is 10.0 Å². The molecule has 0 amide bonds. The van der Waals surface area contributed by atoms with E-state index in [0.717, 1.165) is 0 Å². The average molecular weight is 239 g/mol. The molecule has 0 radical (unpaired) electrons. The van der Waals surface area contributed by atoms with Crippen molar-refractivity contribution in [2.45, 2.75) is 17.7 Å². The lowest BCUT2D eigenvalue weighted by molar-refractivity contribution is -0.120. The molecule has 4 nitrogen and oxygen atoms in total. The molecule has 86 valence electrons. The number of carbonyl (C=O) groups is 1. The number of ketones is 1. The lowest BCUT2D eigenvalue weighted by atomic mass is 10.1. The molecule has 1 heterocycles. The molecule has 0 aromatic heterocycles. The van der Waals surface area contributed by atoms with Crippen molar-refractivity contribution >= 4 is 15.8 Å². The van der Waals surface area contributed by atoms with Crippen LogP contribution in [0, 0.1) is 0 Å². The van der Waals surface area contributed by atoms with Crippen LogP contribution in [0.1, 0.15) is 12.8 Å². The van der Waals surface area contributed by atoms with Gasteiger partial charge in [-0.2, -0.15) is 4.31 Å². The van der Waals surface area contributed by atoms with Crippen LogP contribution in [0.4, 0.5) is 0 Å². The van der Waals surface area contributed by atoms with E-state index < -0.39 is 10.0 Å². The van der Waals surface area contributed by atoms with Crippen LogP contribution in [0.3, 0.4) is 0 Å². The predicted molar refractivity (Wildman–Crippen MR) is 59.4 cm³/mol. The zero-order chi connectivity index (χ0) is 11.6. The number of Topliss-reactive ketones (excluding diaryl/α,β-unsaturated/α-hetero) is 1. The fraction of sp³-hybridized carbons (Fsp3) is 0.364. The van der Waals surface area contributed by atoms with E-state index in [1.54, 1.807) is 30.3 Å². The molecular formula is C11H13NO3S. The SMILES string of the molecule is O=C1CCN(S(=O)(=O)c2ccccc2)CC1. The number of hydrogen-bond donors (Lipinski definition) is 0. The monoisotopic (exact) mass is 239 g/mol. The van der Waals surface area contributed by atoms with Gasteiger partial charge in [-0.05, 0) is 12.1 Å². The molecule has 0 aliphatic carbocycles. The first-order valence-corrected chi connectivity index (χ1v) is 6.61. The number of hydrogen-bond acceptors (Lipinski definition) is 3. The van der Waals surface area contributed by atoms with E-state index in [4.69, 9.17) is 0 Å². The van der Waals surface area contributed by atoms with Crippen LogP contribution in [0.2, 0.25) is 0 Å². The molecule has 0 N–H and O–H groups in total. The number of piperidine rings is 1. The highest BCUT2D eigenvalue weighted by atomic mass is 32.2. The van der Waals surface area contributed by atoms with Crippen LogP contribution >= 0.6 is 0 Å². The number of sulfonamides is 1. The largest absolute Gasteiger partial charge is 0.300 e. The van der Waals surface area contributed by atoms with Gasteiger partial charge >= 0.3 is 0 Å². The van der Waals surface area contributed by atoms with Gasteiger partial charge in [-0.25, -0.2) is 8.42 Å². The van der Waals surface area contributed by atoms with Crippen molar-refractivity contribution in [3.05, 3.63) is 30.3 Å². The van der Waals surface area contributed by atoms with E-state index in [9.17, 15) is 13.2 Å². The van der Waals surface area contributed by atoms with Crippen molar-refractivity contribution in [1.82, 2.24) is 4.31 Å². The van der Waals surface area contributed by atoms with Crippen molar-refractivity contribution in [2.24, 2.45) is 0 Å². The Morgan fingerprint density at radius 1 is 1.00 bits per heavy atom. The molecule has 1 aliphatic rings. The Labute approximate surface area is 94.9 Å². The number of carbonyl (C=O) groups excluding carboxylic acids is 1. The predicted octanol–water partition coefficient (Wildman–Crippen LogP) is 1.04. The molecule has 0 spiro atoms. The molecule has 1 aliphatic heterocycles. The maximum absolute atomic E-state index is 12.1. The molecule has 16 heavy (non-hydrogen) atoms. The Bertz CT molecular complexity index is 471. The second-order valence-electron chi connectivity index (χ2n) is 3.76. The Hall–Kier alpha value is -1.20. The number of nitrogens with zero attached hydrogens (tertiary/aromatic N) is 1. The molecule has 1 saturated heterocycles. The summed E-state index contributed by atoms with van der Waals surface area (Å²) in [7, 11) is -3.40. The van der Waals surface area contributed by atoms with Crippen molar-refractivity contribution in [3.8, 4) is 0 Å². The summed E-state index contributed by atoms with van der Waals surface area (Å²) >= 11 is 0. The fourth-order valence-corrected chi connectivity index (χ4v) is 3.18. The lowest BCUT2D eigenvalue weighted by Crippen LogP contribution is -2.38. The minimum atomic E-state index is -3.40. The van der Waals surface area contributed by atoms with Gasteiger partial charge < -0.3 is 0 Å². The summed E-state index contributed by atoms with van der Waals surface area (Å²) < 4.78 is 25.6. The van der Waals surface area contributed by atoms with Gasteiger partial charge in [-0.3, -0.25) is 4.79 Å². The van der Waals surface area contributed by atoms with Gasteiger partial charge in [0.25, 0.3) is 0 Å². The molecule has 2 rings (SSSR count). The smallest absolute Gasteiger partial charge is 0.243 e. The maximum Gasteiger partial charge on any atom is 0.243 e. The van der Waals surface area contributed by atoms with E-state index in [-0.39, 0.29) is 5.78 Å². The van der Waals surface area contributed by atoms with E-state index in [1.165, 1.54) is 4.31 Å². The van der Waals surface area contributed by atoms with Crippen LogP contribution in [-0.2, 0) is 14.8 Å². The zero-order valence-electron chi connectivity index (χ0n) is 8.80. The molecule has 1 aromatic carbocycles. The van der Waals surface area contributed by atoms with E-state index in [2.05, 4.69) is 0 Å². The van der Waals surface area contributed by atoms with Crippen LogP contribution in [0.25, 0.3) is 0 Å². The van der Waals surface area contributed by atoms with Gasteiger partial charge in [0.15, 0.2) is 0 Å². The van der Waals surface area contributed by atoms with Gasteiger partial charge in [0.1, 0.15) is 5.78 Å². The Kier molecular flexibility index (Phi) is 3.07. The Morgan fingerprint density at radius 2 is 1.56 bits per heavy atom. The van der Waals surface area contributed by atoms with Crippen LogP contribution in [0.5, 0.6) is 0 Å². The molecule has 0 atom stereocenters. The number of rotatable bonds is 2. The molecule has 0 unspecified atom stereocenters. The summed E-state index contributed by atoms with van der Waals surface area (Å²) in [5.74, 6) is 0.138. The Balaban J connectivity index is 2.23. The summed E-state index contributed by atoms with van der Waals surface area (Å²) in [4.78, 5) is 11.3. The highest BCUT2D eigenvalue weighted by Crippen LogP contribution is 2.18. The number of benzene rings is 1. The third kappa shape index (κ3) is 2.15. The van der Waals surface area contributed by atoms with Crippen LogP contribution in [-0.4, -0.2) is 31.6 Å². The van der Waals surface area contributed by atoms with Gasteiger partial charge in [-0.15, -0.1) is 0 Å². The van der Waals surface area contributed by atoms with Crippen molar-refractivity contribution < 1.29 is 13.2 Å². The molecule has 5 heteroatoms. The third-order valence-electron chi connectivity index (χ3n) is 2.66. The molecular weight excluding hydrogens is 226 g/mol. The lowest BCUT2D eigenvalue weighted by Gasteiger charge is -2.25. The van der Waals surface area contributed by atoms with Gasteiger partial charge in [0, 0.05) is 25.9 Å². The van der Waals surface area contributed by atoms with Crippen LogP contribution in [0.15, 0.2) is 35.2 Å². The average Bonchev–Trinajstić information content (AvgIpc) is 2.31. The van der Waals surface area contributed by atoms with Crippen molar-refractivity contribution in [2.75, 3.05) is 13.1 Å². The molecule has 1 aromatic rings. The summed E-state index contributed by atoms with van der Waals surface area (Å²) in [6, 6.07) is 8.32. The fourth-order valence-electron chi connectivity index (χ4n) is 1.72. The summed E-state index contributed by atoms with van der Waals surface area (Å²) in [5.41, 5.74) is 0. The topological polar surface area (TPSA) is 54.5 Å². The van der Waals surface area contributed by atoms with E-state index in [0.29, 0.717) is 30.8 Å². The maximum atomic E-state index is 12.1.